The monoisotopic (exact) mass is 435 g/mol. The molecule has 2 aliphatic heterocycles. The first-order valence-electron chi connectivity index (χ1n) is 9.40. The Morgan fingerprint density at radius 2 is 2.03 bits per heavy atom. The number of ether oxygens (including phenoxy) is 2. The van der Waals surface area contributed by atoms with Gasteiger partial charge < -0.3 is 20.1 Å². The molecule has 0 saturated heterocycles. The maximum absolute atomic E-state index is 14.1. The van der Waals surface area contributed by atoms with Gasteiger partial charge in [-0.15, -0.1) is 0 Å². The van der Waals surface area contributed by atoms with E-state index >= 15 is 0 Å². The van der Waals surface area contributed by atoms with Gasteiger partial charge in [0, 0.05) is 16.3 Å². The maximum Gasteiger partial charge on any atom is 0.339 e. The number of methoxy groups -OCH3 is 1. The van der Waals surface area contributed by atoms with Crippen molar-refractivity contribution in [2.45, 2.75) is 18.9 Å². The summed E-state index contributed by atoms with van der Waals surface area (Å²) in [6, 6.07) is 16.1. The quantitative estimate of drug-likeness (QED) is 0.741. The number of carbonyl (C=O) groups is 2. The first-order valence-corrected chi connectivity index (χ1v) is 9.77. The summed E-state index contributed by atoms with van der Waals surface area (Å²) < 4.78 is 10.4. The number of anilines is 1. The Kier molecular flexibility index (Phi) is 4.96. The zero-order valence-corrected chi connectivity index (χ0v) is 17.6. The molecule has 2 heterocycles. The Labute approximate surface area is 183 Å². The van der Waals surface area contributed by atoms with E-state index in [1.807, 2.05) is 12.1 Å². The van der Waals surface area contributed by atoms with Gasteiger partial charge in [-0.05, 0) is 30.7 Å². The van der Waals surface area contributed by atoms with Gasteiger partial charge in [-0.25, -0.2) is 4.79 Å². The molecule has 156 valence electrons. The van der Waals surface area contributed by atoms with Gasteiger partial charge >= 0.3 is 5.97 Å². The van der Waals surface area contributed by atoms with Crippen LogP contribution in [0, 0.1) is 11.3 Å². The maximum atomic E-state index is 14.1. The molecule has 4 rings (SSSR count). The van der Waals surface area contributed by atoms with Crippen molar-refractivity contribution >= 4 is 29.2 Å². The van der Waals surface area contributed by atoms with E-state index in [4.69, 9.17) is 26.8 Å². The first-order chi connectivity index (χ1) is 14.9. The van der Waals surface area contributed by atoms with Crippen LogP contribution in [0.4, 0.5) is 5.69 Å². The molecule has 31 heavy (non-hydrogen) atoms. The zero-order valence-electron chi connectivity index (χ0n) is 16.8. The smallest absolute Gasteiger partial charge is 0.339 e. The molecule has 1 unspecified atom stereocenters. The van der Waals surface area contributed by atoms with Gasteiger partial charge in [0.1, 0.15) is 23.0 Å². The first kappa shape index (κ1) is 20.5. The van der Waals surface area contributed by atoms with Crippen LogP contribution < -0.4 is 10.6 Å². The lowest BCUT2D eigenvalue weighted by Crippen LogP contribution is -2.48. The number of halogens is 1. The van der Waals surface area contributed by atoms with Crippen LogP contribution in [0.15, 0.2) is 71.3 Å². The Balaban J connectivity index is 2.00. The summed E-state index contributed by atoms with van der Waals surface area (Å²) >= 11 is 6.12. The molecule has 7 nitrogen and oxygen atoms in total. The number of para-hydroxylation sites is 1. The van der Waals surface area contributed by atoms with Crippen molar-refractivity contribution in [3.8, 4) is 6.07 Å². The molecule has 8 heteroatoms. The molecule has 2 N–H and O–H groups in total. The van der Waals surface area contributed by atoms with Gasteiger partial charge in [0.2, 0.25) is 11.8 Å². The summed E-state index contributed by atoms with van der Waals surface area (Å²) in [6.07, 6.45) is 0. The van der Waals surface area contributed by atoms with Crippen molar-refractivity contribution in [1.29, 1.82) is 5.26 Å². The van der Waals surface area contributed by atoms with Crippen LogP contribution in [-0.4, -0.2) is 19.0 Å². The predicted molar refractivity (Wildman–Crippen MR) is 113 cm³/mol. The fourth-order valence-corrected chi connectivity index (χ4v) is 4.50. The van der Waals surface area contributed by atoms with Gasteiger partial charge in [0.25, 0.3) is 0 Å². The molecule has 1 atom stereocenters. The molecular weight excluding hydrogens is 418 g/mol. The molecule has 0 aromatic heterocycles. The lowest BCUT2D eigenvalue weighted by Gasteiger charge is -2.34. The van der Waals surface area contributed by atoms with E-state index in [9.17, 15) is 14.9 Å². The fraction of sp³-hybridized carbons (Fsp3) is 0.174. The third kappa shape index (κ3) is 2.87. The van der Waals surface area contributed by atoms with Gasteiger partial charge in [0.15, 0.2) is 5.41 Å². The Morgan fingerprint density at radius 3 is 2.71 bits per heavy atom. The van der Waals surface area contributed by atoms with Crippen molar-refractivity contribution in [3.63, 3.8) is 0 Å². The van der Waals surface area contributed by atoms with E-state index in [-0.39, 0.29) is 29.3 Å². The summed E-state index contributed by atoms with van der Waals surface area (Å²) in [5.41, 5.74) is 5.87. The topological polar surface area (TPSA) is 106 Å². The SMILES string of the molecule is COC(=O)C1=C(C)OC(N)=C(C#N)C12C(=O)N(Cc1cccc(Cl)c1)c1ccccc12. The van der Waals surface area contributed by atoms with Crippen LogP contribution in [-0.2, 0) is 31.0 Å². The fourth-order valence-electron chi connectivity index (χ4n) is 4.29. The highest BCUT2D eigenvalue weighted by Crippen LogP contribution is 2.54. The van der Waals surface area contributed by atoms with Gasteiger partial charge in [0.05, 0.1) is 13.7 Å². The van der Waals surface area contributed by atoms with E-state index in [1.165, 1.54) is 18.9 Å². The number of nitrogens with two attached hydrogens (primary N) is 1. The Morgan fingerprint density at radius 1 is 1.29 bits per heavy atom. The average molecular weight is 436 g/mol. The normalized spacial score (nSPS) is 19.9. The van der Waals surface area contributed by atoms with Crippen LogP contribution in [0.3, 0.4) is 0 Å². The zero-order chi connectivity index (χ0) is 22.3. The summed E-state index contributed by atoms with van der Waals surface area (Å²) in [5, 5.41) is 10.5. The predicted octanol–water partition coefficient (Wildman–Crippen LogP) is 3.30. The largest absolute Gasteiger partial charge is 0.466 e. The second-order valence-corrected chi connectivity index (χ2v) is 7.60. The van der Waals surface area contributed by atoms with Crippen molar-refractivity contribution < 1.29 is 19.1 Å². The van der Waals surface area contributed by atoms with Crippen LogP contribution in [0.25, 0.3) is 0 Å². The summed E-state index contributed by atoms with van der Waals surface area (Å²) in [5.74, 6) is -1.38. The van der Waals surface area contributed by atoms with Crippen LogP contribution in [0.1, 0.15) is 18.1 Å². The number of rotatable bonds is 3. The number of fused-ring (bicyclic) bond motifs is 2. The molecule has 2 aromatic rings. The summed E-state index contributed by atoms with van der Waals surface area (Å²) in [4.78, 5) is 28.4. The molecule has 0 bridgehead atoms. The highest BCUT2D eigenvalue weighted by molar-refractivity contribution is 6.30. The molecule has 2 aromatic carbocycles. The highest BCUT2D eigenvalue weighted by Gasteiger charge is 2.62. The number of amides is 1. The molecule has 1 spiro atoms. The van der Waals surface area contributed by atoms with Crippen molar-refractivity contribution in [3.05, 3.63) is 87.5 Å². The molecule has 0 fully saturated rings. The Hall–Kier alpha value is -3.76. The van der Waals surface area contributed by atoms with Crippen molar-refractivity contribution in [2.75, 3.05) is 12.0 Å². The molecule has 1 amide bonds. The van der Waals surface area contributed by atoms with Crippen LogP contribution >= 0.6 is 11.6 Å². The summed E-state index contributed by atoms with van der Waals surface area (Å²) in [7, 11) is 1.21. The molecule has 2 aliphatic rings. The lowest BCUT2D eigenvalue weighted by atomic mass is 9.68. The van der Waals surface area contributed by atoms with E-state index < -0.39 is 17.3 Å². The van der Waals surface area contributed by atoms with E-state index in [0.717, 1.165) is 5.56 Å². The van der Waals surface area contributed by atoms with Crippen molar-refractivity contribution in [1.82, 2.24) is 0 Å². The number of esters is 1. The second-order valence-electron chi connectivity index (χ2n) is 7.16. The number of nitriles is 1. The molecule has 0 saturated carbocycles. The standard InChI is InChI=1S/C23H18ClN3O4/c1-13-19(21(28)30-2)23(17(11-25)20(26)31-13)16-8-3-4-9-18(16)27(22(23)29)12-14-6-5-7-15(24)10-14/h3-10H,12,26H2,1-2H3. The van der Waals surface area contributed by atoms with E-state index in [0.29, 0.717) is 16.3 Å². The minimum atomic E-state index is -1.76. The summed E-state index contributed by atoms with van der Waals surface area (Å²) in [6.45, 7) is 1.70. The van der Waals surface area contributed by atoms with E-state index in [2.05, 4.69) is 0 Å². The number of allylic oxidation sites excluding steroid dienone is 1. The number of hydrogen-bond acceptors (Lipinski definition) is 6. The van der Waals surface area contributed by atoms with Gasteiger partial charge in [-0.2, -0.15) is 5.26 Å². The third-order valence-corrected chi connectivity index (χ3v) is 5.74. The highest BCUT2D eigenvalue weighted by atomic mass is 35.5. The second kappa shape index (κ2) is 7.49. The number of benzene rings is 2. The van der Waals surface area contributed by atoms with Gasteiger partial charge in [-0.3, -0.25) is 4.79 Å². The Bertz CT molecular complexity index is 1230. The van der Waals surface area contributed by atoms with Crippen LogP contribution in [0.5, 0.6) is 0 Å². The van der Waals surface area contributed by atoms with Crippen LogP contribution in [0.2, 0.25) is 5.02 Å². The van der Waals surface area contributed by atoms with Gasteiger partial charge in [-0.1, -0.05) is 41.9 Å². The average Bonchev–Trinajstić information content (AvgIpc) is 2.97. The minimum absolute atomic E-state index is 0.0632. The third-order valence-electron chi connectivity index (χ3n) is 5.51. The molecule has 0 aliphatic carbocycles. The molecular formula is C23H18ClN3O4. The number of hydrogen-bond donors (Lipinski definition) is 1. The van der Waals surface area contributed by atoms with E-state index in [1.54, 1.807) is 42.5 Å². The number of nitrogens with zero attached hydrogens (tertiary/aromatic N) is 2. The van der Waals surface area contributed by atoms with Crippen molar-refractivity contribution in [2.24, 2.45) is 5.73 Å². The minimum Gasteiger partial charge on any atom is -0.466 e. The molecule has 0 radical (unpaired) electrons. The lowest BCUT2D eigenvalue weighted by molar-refractivity contribution is -0.138. The number of carbonyl (C=O) groups excluding carboxylic acids is 2.